The third-order valence-corrected chi connectivity index (χ3v) is 1.90. The van der Waals surface area contributed by atoms with Gasteiger partial charge in [0, 0.05) is 0 Å². The van der Waals surface area contributed by atoms with Gasteiger partial charge in [-0.05, 0) is 24.3 Å². The Labute approximate surface area is 80.4 Å². The summed E-state index contributed by atoms with van der Waals surface area (Å²) in [6.45, 7) is 0. The molecule has 0 spiro atoms. The smallest absolute Gasteiger partial charge is 0.118 e. The zero-order valence-corrected chi connectivity index (χ0v) is 7.20. The second-order valence-electron chi connectivity index (χ2n) is 2.79. The number of hydrogen-bond acceptors (Lipinski definition) is 2. The first kappa shape index (κ1) is 8.15. The number of nitriles is 2. The number of aromatic nitrogens is 2. The van der Waals surface area contributed by atoms with E-state index >= 15 is 0 Å². The molecule has 0 aliphatic carbocycles. The van der Waals surface area contributed by atoms with Crippen molar-refractivity contribution >= 4 is 0 Å². The predicted octanol–water partition coefficient (Wildman–Crippen LogP) is 1.75. The lowest BCUT2D eigenvalue weighted by Gasteiger charge is -1.90. The molecule has 0 amide bonds. The minimum absolute atomic E-state index is 0.508. The molecular formula is C10H6N4. The molecule has 0 saturated heterocycles. The van der Waals surface area contributed by atoms with Gasteiger partial charge in [0.25, 0.3) is 0 Å². The van der Waals surface area contributed by atoms with E-state index in [0.717, 1.165) is 11.4 Å². The zero-order chi connectivity index (χ0) is 9.97. The van der Waals surface area contributed by atoms with Gasteiger partial charge in [0.05, 0.1) is 11.4 Å². The first-order chi connectivity index (χ1) is 6.83. The van der Waals surface area contributed by atoms with Crippen LogP contribution in [0, 0.1) is 22.7 Å². The SMILES string of the molecule is N#Cc1ccc(-c2ccc(C#N)[nH]2)[nH]1. The highest BCUT2D eigenvalue weighted by molar-refractivity contribution is 5.58. The Balaban J connectivity index is 2.41. The maximum absolute atomic E-state index is 8.61. The molecule has 0 aromatic carbocycles. The van der Waals surface area contributed by atoms with Crippen molar-refractivity contribution in [1.82, 2.24) is 9.97 Å². The van der Waals surface area contributed by atoms with Crippen LogP contribution in [0.4, 0.5) is 0 Å². The van der Waals surface area contributed by atoms with Crippen LogP contribution in [0.3, 0.4) is 0 Å². The summed E-state index contributed by atoms with van der Waals surface area (Å²) < 4.78 is 0. The van der Waals surface area contributed by atoms with Gasteiger partial charge in [0.15, 0.2) is 0 Å². The molecule has 0 unspecified atom stereocenters. The molecule has 2 aromatic heterocycles. The van der Waals surface area contributed by atoms with E-state index in [1.165, 1.54) is 0 Å². The van der Waals surface area contributed by atoms with E-state index < -0.39 is 0 Å². The van der Waals surface area contributed by atoms with Crippen LogP contribution in [0.15, 0.2) is 24.3 Å². The third-order valence-electron chi connectivity index (χ3n) is 1.90. The molecule has 0 bridgehead atoms. The second kappa shape index (κ2) is 3.12. The summed E-state index contributed by atoms with van der Waals surface area (Å²) in [6, 6.07) is 11.0. The van der Waals surface area contributed by atoms with Crippen molar-refractivity contribution in [1.29, 1.82) is 10.5 Å². The minimum atomic E-state index is 0.508. The van der Waals surface area contributed by atoms with E-state index in [1.807, 2.05) is 12.1 Å². The fraction of sp³-hybridized carbons (Fsp3) is 0. The Morgan fingerprint density at radius 3 is 1.50 bits per heavy atom. The van der Waals surface area contributed by atoms with Crippen LogP contribution >= 0.6 is 0 Å². The fourth-order valence-corrected chi connectivity index (χ4v) is 1.23. The van der Waals surface area contributed by atoms with Crippen LogP contribution in [0.2, 0.25) is 0 Å². The Hall–Kier alpha value is -2.46. The van der Waals surface area contributed by atoms with Gasteiger partial charge < -0.3 is 9.97 Å². The number of rotatable bonds is 1. The van der Waals surface area contributed by atoms with Gasteiger partial charge in [-0.15, -0.1) is 0 Å². The molecule has 2 rings (SSSR count). The Bertz CT molecular complexity index is 483. The largest absolute Gasteiger partial charge is 0.345 e. The van der Waals surface area contributed by atoms with Crippen LogP contribution in [0.25, 0.3) is 11.4 Å². The van der Waals surface area contributed by atoms with Crippen molar-refractivity contribution in [2.45, 2.75) is 0 Å². The summed E-state index contributed by atoms with van der Waals surface area (Å²) in [5.41, 5.74) is 2.63. The van der Waals surface area contributed by atoms with Gasteiger partial charge in [-0.2, -0.15) is 10.5 Å². The topological polar surface area (TPSA) is 79.2 Å². The normalized spacial score (nSPS) is 9.29. The molecule has 2 aromatic rings. The van der Waals surface area contributed by atoms with Gasteiger partial charge in [-0.1, -0.05) is 0 Å². The Morgan fingerprint density at radius 1 is 0.786 bits per heavy atom. The highest BCUT2D eigenvalue weighted by Crippen LogP contribution is 2.17. The molecule has 0 radical (unpaired) electrons. The first-order valence-electron chi connectivity index (χ1n) is 4.02. The summed E-state index contributed by atoms with van der Waals surface area (Å²) in [7, 11) is 0. The van der Waals surface area contributed by atoms with Gasteiger partial charge in [-0.25, -0.2) is 0 Å². The fourth-order valence-electron chi connectivity index (χ4n) is 1.23. The average molecular weight is 182 g/mol. The standard InChI is InChI=1S/C10H6N4/c11-5-7-1-3-9(13-7)10-4-2-8(6-12)14-10/h1-4,13-14H. The van der Waals surface area contributed by atoms with E-state index in [-0.39, 0.29) is 0 Å². The summed E-state index contributed by atoms with van der Waals surface area (Å²) in [6.07, 6.45) is 0. The van der Waals surface area contributed by atoms with Crippen LogP contribution in [0.5, 0.6) is 0 Å². The summed E-state index contributed by atoms with van der Waals surface area (Å²) in [4.78, 5) is 5.83. The van der Waals surface area contributed by atoms with Gasteiger partial charge >= 0.3 is 0 Å². The monoisotopic (exact) mass is 182 g/mol. The molecule has 0 atom stereocenters. The van der Waals surface area contributed by atoms with Crippen molar-refractivity contribution in [2.24, 2.45) is 0 Å². The summed E-state index contributed by atoms with van der Waals surface area (Å²) in [5.74, 6) is 0. The molecule has 0 aliphatic heterocycles. The summed E-state index contributed by atoms with van der Waals surface area (Å²) in [5, 5.41) is 17.2. The van der Waals surface area contributed by atoms with Gasteiger partial charge in [0.2, 0.25) is 0 Å². The zero-order valence-electron chi connectivity index (χ0n) is 7.20. The predicted molar refractivity (Wildman–Crippen MR) is 50.0 cm³/mol. The number of nitrogens with zero attached hydrogens (tertiary/aromatic N) is 2. The maximum Gasteiger partial charge on any atom is 0.118 e. The third kappa shape index (κ3) is 1.26. The van der Waals surface area contributed by atoms with E-state index in [4.69, 9.17) is 10.5 Å². The van der Waals surface area contributed by atoms with Crippen molar-refractivity contribution in [2.75, 3.05) is 0 Å². The molecule has 66 valence electrons. The lowest BCUT2D eigenvalue weighted by atomic mass is 10.3. The lowest BCUT2D eigenvalue weighted by Crippen LogP contribution is -1.79. The van der Waals surface area contributed by atoms with E-state index in [1.54, 1.807) is 24.3 Å². The van der Waals surface area contributed by atoms with E-state index in [2.05, 4.69) is 9.97 Å². The van der Waals surface area contributed by atoms with Crippen molar-refractivity contribution in [3.8, 4) is 23.5 Å². The average Bonchev–Trinajstić information content (AvgIpc) is 2.86. The highest BCUT2D eigenvalue weighted by Gasteiger charge is 2.03. The van der Waals surface area contributed by atoms with E-state index in [0.29, 0.717) is 11.4 Å². The first-order valence-corrected chi connectivity index (χ1v) is 4.02. The van der Waals surface area contributed by atoms with Gasteiger partial charge in [0.1, 0.15) is 23.5 Å². The number of hydrogen-bond donors (Lipinski definition) is 2. The second-order valence-corrected chi connectivity index (χ2v) is 2.79. The lowest BCUT2D eigenvalue weighted by molar-refractivity contribution is 1.27. The minimum Gasteiger partial charge on any atom is -0.345 e. The number of H-pyrrole nitrogens is 2. The van der Waals surface area contributed by atoms with Crippen molar-refractivity contribution in [3.63, 3.8) is 0 Å². The molecule has 0 saturated carbocycles. The molecular weight excluding hydrogens is 176 g/mol. The van der Waals surface area contributed by atoms with Gasteiger partial charge in [-0.3, -0.25) is 0 Å². The van der Waals surface area contributed by atoms with Crippen LogP contribution in [-0.4, -0.2) is 9.97 Å². The van der Waals surface area contributed by atoms with E-state index in [9.17, 15) is 0 Å². The Morgan fingerprint density at radius 2 is 1.21 bits per heavy atom. The quantitative estimate of drug-likeness (QED) is 0.704. The van der Waals surface area contributed by atoms with Crippen molar-refractivity contribution < 1.29 is 0 Å². The van der Waals surface area contributed by atoms with Crippen LogP contribution in [0.1, 0.15) is 11.4 Å². The number of aromatic amines is 2. The molecule has 2 heterocycles. The van der Waals surface area contributed by atoms with Crippen LogP contribution in [-0.2, 0) is 0 Å². The van der Waals surface area contributed by atoms with Crippen LogP contribution < -0.4 is 0 Å². The molecule has 4 nitrogen and oxygen atoms in total. The molecule has 2 N–H and O–H groups in total. The molecule has 0 aliphatic rings. The molecule has 14 heavy (non-hydrogen) atoms. The van der Waals surface area contributed by atoms with Crippen molar-refractivity contribution in [3.05, 3.63) is 35.7 Å². The highest BCUT2D eigenvalue weighted by atomic mass is 14.8. The number of nitrogens with one attached hydrogen (secondary N) is 2. The maximum atomic E-state index is 8.61. The molecule has 4 heteroatoms. The Kier molecular flexibility index (Phi) is 1.82. The molecule has 0 fully saturated rings. The summed E-state index contributed by atoms with van der Waals surface area (Å²) >= 11 is 0.